The van der Waals surface area contributed by atoms with Crippen LogP contribution < -0.4 is 10.1 Å². The van der Waals surface area contributed by atoms with Gasteiger partial charge in [0.1, 0.15) is 35.1 Å². The Morgan fingerprint density at radius 1 is 1.10 bits per heavy atom. The van der Waals surface area contributed by atoms with Gasteiger partial charge in [0.05, 0.1) is 10.4 Å². The van der Waals surface area contributed by atoms with Crippen LogP contribution in [0.25, 0.3) is 26.4 Å². The Hall–Kier alpha value is -4.05. The zero-order chi connectivity index (χ0) is 28.3. The number of hydrogen-bond acceptors (Lipinski definition) is 7. The van der Waals surface area contributed by atoms with Gasteiger partial charge in [0.15, 0.2) is 0 Å². The molecular weight excluding hydrogens is 561 g/mol. The van der Waals surface area contributed by atoms with Gasteiger partial charge in [-0.15, -0.1) is 11.3 Å². The second-order valence-electron chi connectivity index (χ2n) is 9.91. The Morgan fingerprint density at radius 2 is 1.95 bits per heavy atom. The molecule has 0 saturated carbocycles. The number of likely N-dealkylation sites (N-methyl/N-ethyl adjacent to an activating group) is 1. The van der Waals surface area contributed by atoms with Crippen molar-refractivity contribution in [3.05, 3.63) is 95.0 Å². The largest absolute Gasteiger partial charge is 0.487 e. The number of nitrogens with zero attached hydrogens (tertiary/aromatic N) is 4. The van der Waals surface area contributed by atoms with Crippen molar-refractivity contribution in [1.82, 2.24) is 19.8 Å². The van der Waals surface area contributed by atoms with Gasteiger partial charge in [-0.05, 0) is 60.6 Å². The van der Waals surface area contributed by atoms with Gasteiger partial charge in [0.25, 0.3) is 0 Å². The Kier molecular flexibility index (Phi) is 7.82. The summed E-state index contributed by atoms with van der Waals surface area (Å²) in [5.74, 6) is 0.898. The van der Waals surface area contributed by atoms with E-state index < -0.39 is 0 Å². The molecule has 0 spiro atoms. The smallest absolute Gasteiger partial charge is 0.246 e. The highest BCUT2D eigenvalue weighted by Gasteiger charge is 2.17. The topological polar surface area (TPSA) is 70.6 Å². The van der Waals surface area contributed by atoms with E-state index in [0.29, 0.717) is 16.6 Å². The van der Waals surface area contributed by atoms with E-state index >= 15 is 0 Å². The summed E-state index contributed by atoms with van der Waals surface area (Å²) < 4.78 is 20.3. The second kappa shape index (κ2) is 11.8. The number of rotatable bonds is 7. The lowest BCUT2D eigenvalue weighted by Crippen LogP contribution is -2.46. The number of hydrogen-bond donors (Lipinski definition) is 1. The van der Waals surface area contributed by atoms with Crippen molar-refractivity contribution in [2.45, 2.75) is 6.61 Å². The average molecular weight is 588 g/mol. The number of amides is 1. The summed E-state index contributed by atoms with van der Waals surface area (Å²) in [4.78, 5) is 26.6. The molecule has 1 amide bonds. The molecule has 0 atom stereocenters. The van der Waals surface area contributed by atoms with Crippen LogP contribution in [0.3, 0.4) is 0 Å². The lowest BCUT2D eigenvalue weighted by Gasteiger charge is -2.31. The van der Waals surface area contributed by atoms with Crippen LogP contribution in [0, 0.1) is 5.82 Å². The molecule has 2 aromatic heterocycles. The predicted octanol–water partition coefficient (Wildman–Crippen LogP) is 6.75. The van der Waals surface area contributed by atoms with Gasteiger partial charge < -0.3 is 19.9 Å². The van der Waals surface area contributed by atoms with Gasteiger partial charge in [0, 0.05) is 48.0 Å². The van der Waals surface area contributed by atoms with E-state index in [1.807, 2.05) is 29.2 Å². The van der Waals surface area contributed by atoms with Crippen molar-refractivity contribution < 1.29 is 13.9 Å². The normalized spacial score (nSPS) is 14.3. The lowest BCUT2D eigenvalue weighted by atomic mass is 10.1. The maximum absolute atomic E-state index is 13.5. The Bertz CT molecular complexity index is 1770. The number of halogens is 2. The molecule has 1 fully saturated rings. The molecule has 0 unspecified atom stereocenters. The molecule has 7 nitrogen and oxygen atoms in total. The van der Waals surface area contributed by atoms with E-state index in [1.54, 1.807) is 41.7 Å². The number of thiophene rings is 1. The summed E-state index contributed by atoms with van der Waals surface area (Å²) in [6.07, 6.45) is 5.06. The summed E-state index contributed by atoms with van der Waals surface area (Å²) in [5, 5.41) is 5.73. The standard InChI is InChI=1S/C31H27ClFN5O2S/c1-37-11-13-38(14-12-37)28(39)10-6-20-5-8-24-27(16-20)41-31-29(24)30(34-19-35-31)36-23-7-9-26(25(32)17-23)40-18-21-3-2-4-22(33)15-21/h2-10,15-17,19H,11-14,18H2,1H3,(H,34,35,36)/b10-6+. The van der Waals surface area contributed by atoms with Gasteiger partial charge in [-0.25, -0.2) is 14.4 Å². The molecular formula is C31H27ClFN5O2S. The van der Waals surface area contributed by atoms with Gasteiger partial charge in [-0.3, -0.25) is 4.79 Å². The molecule has 1 aliphatic rings. The number of aromatic nitrogens is 2. The van der Waals surface area contributed by atoms with Crippen molar-refractivity contribution in [3.63, 3.8) is 0 Å². The molecule has 0 radical (unpaired) electrons. The highest BCUT2D eigenvalue weighted by molar-refractivity contribution is 7.25. The van der Waals surface area contributed by atoms with E-state index in [1.165, 1.54) is 18.5 Å². The number of ether oxygens (including phenoxy) is 1. The zero-order valence-electron chi connectivity index (χ0n) is 22.3. The molecule has 6 rings (SSSR count). The number of benzene rings is 3. The molecule has 208 valence electrons. The first-order valence-electron chi connectivity index (χ1n) is 13.2. The quantitative estimate of drug-likeness (QED) is 0.213. The second-order valence-corrected chi connectivity index (χ2v) is 11.3. The number of carbonyl (C=O) groups excluding carboxylic acids is 1. The number of fused-ring (bicyclic) bond motifs is 3. The van der Waals surface area contributed by atoms with Crippen LogP contribution in [-0.2, 0) is 11.4 Å². The van der Waals surface area contributed by atoms with Gasteiger partial charge in [-0.1, -0.05) is 35.9 Å². The van der Waals surface area contributed by atoms with Crippen LogP contribution in [-0.4, -0.2) is 58.9 Å². The minimum atomic E-state index is -0.308. The van der Waals surface area contributed by atoms with Crippen molar-refractivity contribution in [1.29, 1.82) is 0 Å². The van der Waals surface area contributed by atoms with Gasteiger partial charge >= 0.3 is 0 Å². The first-order chi connectivity index (χ1) is 19.9. The van der Waals surface area contributed by atoms with E-state index in [-0.39, 0.29) is 18.3 Å². The fraction of sp³-hybridized carbons (Fsp3) is 0.194. The summed E-state index contributed by atoms with van der Waals surface area (Å²) in [6.45, 7) is 3.49. The number of anilines is 2. The Balaban J connectivity index is 1.19. The molecule has 0 aliphatic carbocycles. The summed E-state index contributed by atoms with van der Waals surface area (Å²) >= 11 is 8.08. The number of carbonyl (C=O) groups is 1. The first-order valence-corrected chi connectivity index (χ1v) is 14.4. The van der Waals surface area contributed by atoms with Crippen molar-refractivity contribution in [2.75, 3.05) is 38.5 Å². The van der Waals surface area contributed by atoms with Crippen LogP contribution in [0.2, 0.25) is 5.02 Å². The predicted molar refractivity (Wildman–Crippen MR) is 163 cm³/mol. The molecule has 1 saturated heterocycles. The number of nitrogens with one attached hydrogen (secondary N) is 1. The summed E-state index contributed by atoms with van der Waals surface area (Å²) in [6, 6.07) is 17.8. The van der Waals surface area contributed by atoms with E-state index in [0.717, 1.165) is 63.3 Å². The maximum Gasteiger partial charge on any atom is 0.246 e. The van der Waals surface area contributed by atoms with Crippen molar-refractivity contribution in [2.24, 2.45) is 0 Å². The van der Waals surface area contributed by atoms with E-state index in [9.17, 15) is 9.18 Å². The van der Waals surface area contributed by atoms with Crippen LogP contribution in [0.1, 0.15) is 11.1 Å². The average Bonchev–Trinajstić information content (AvgIpc) is 3.35. The first kappa shape index (κ1) is 27.1. The third kappa shape index (κ3) is 6.17. The third-order valence-corrected chi connectivity index (χ3v) is 8.36. The minimum Gasteiger partial charge on any atom is -0.487 e. The molecule has 0 bridgehead atoms. The molecule has 5 aromatic rings. The fourth-order valence-electron chi connectivity index (χ4n) is 4.74. The van der Waals surface area contributed by atoms with Crippen LogP contribution in [0.15, 0.2) is 73.1 Å². The van der Waals surface area contributed by atoms with Gasteiger partial charge in [0.2, 0.25) is 5.91 Å². The van der Waals surface area contributed by atoms with Crippen LogP contribution >= 0.6 is 22.9 Å². The van der Waals surface area contributed by atoms with Crippen molar-refractivity contribution in [3.8, 4) is 5.75 Å². The van der Waals surface area contributed by atoms with E-state index in [2.05, 4.69) is 33.3 Å². The molecule has 41 heavy (non-hydrogen) atoms. The van der Waals surface area contributed by atoms with Gasteiger partial charge in [-0.2, -0.15) is 0 Å². The maximum atomic E-state index is 13.5. The van der Waals surface area contributed by atoms with Crippen LogP contribution in [0.5, 0.6) is 5.75 Å². The van der Waals surface area contributed by atoms with Crippen molar-refractivity contribution >= 4 is 66.7 Å². The Morgan fingerprint density at radius 3 is 2.76 bits per heavy atom. The summed E-state index contributed by atoms with van der Waals surface area (Å²) in [5.41, 5.74) is 2.42. The third-order valence-electron chi connectivity index (χ3n) is 7.01. The summed E-state index contributed by atoms with van der Waals surface area (Å²) in [7, 11) is 2.07. The fourth-order valence-corrected chi connectivity index (χ4v) is 6.07. The van der Waals surface area contributed by atoms with Crippen LogP contribution in [0.4, 0.5) is 15.9 Å². The highest BCUT2D eigenvalue weighted by atomic mass is 35.5. The lowest BCUT2D eigenvalue weighted by molar-refractivity contribution is -0.127. The molecule has 3 aromatic carbocycles. The zero-order valence-corrected chi connectivity index (χ0v) is 23.9. The monoisotopic (exact) mass is 587 g/mol. The highest BCUT2D eigenvalue weighted by Crippen LogP contribution is 2.38. The molecule has 1 N–H and O–H groups in total. The Labute approximate surface area is 245 Å². The molecule has 10 heteroatoms. The minimum absolute atomic E-state index is 0.0379. The van der Waals surface area contributed by atoms with E-state index in [4.69, 9.17) is 16.3 Å². The number of piperazine rings is 1. The molecule has 3 heterocycles. The SMILES string of the molecule is CN1CCN(C(=O)/C=C/c2ccc3c(c2)sc2ncnc(Nc4ccc(OCc5cccc(F)c5)c(Cl)c4)c23)CC1. The molecule has 1 aliphatic heterocycles.